The fraction of sp³-hybridized carbons (Fsp3) is 1.00. The van der Waals surface area contributed by atoms with Gasteiger partial charge in [0.05, 0.1) is 11.9 Å². The van der Waals surface area contributed by atoms with E-state index in [2.05, 4.69) is 0 Å². The van der Waals surface area contributed by atoms with Gasteiger partial charge in [-0.25, -0.2) is 12.7 Å². The zero-order valence-electron chi connectivity index (χ0n) is 9.73. The average molecular weight is 235 g/mol. The highest BCUT2D eigenvalue weighted by Gasteiger charge is 2.38. The Morgan fingerprint density at radius 1 is 1.47 bits per heavy atom. The van der Waals surface area contributed by atoms with E-state index in [1.165, 1.54) is 4.31 Å². The van der Waals surface area contributed by atoms with Gasteiger partial charge in [-0.2, -0.15) is 0 Å². The van der Waals surface area contributed by atoms with Crippen molar-refractivity contribution in [3.8, 4) is 0 Å². The van der Waals surface area contributed by atoms with E-state index in [-0.39, 0.29) is 11.2 Å². The Labute approximate surface area is 92.3 Å². The zero-order chi connectivity index (χ0) is 11.7. The largest absolute Gasteiger partial charge is 0.392 e. The Morgan fingerprint density at radius 2 is 2.07 bits per heavy atom. The van der Waals surface area contributed by atoms with Gasteiger partial charge in [0.25, 0.3) is 0 Å². The van der Waals surface area contributed by atoms with Gasteiger partial charge in [0.15, 0.2) is 0 Å². The predicted octanol–water partition coefficient (Wildman–Crippen LogP) is 0.819. The molecule has 0 radical (unpaired) electrons. The Balaban J connectivity index is 2.75. The fourth-order valence-corrected chi connectivity index (χ4v) is 3.61. The van der Waals surface area contributed by atoms with Gasteiger partial charge in [0.1, 0.15) is 0 Å². The molecule has 0 spiro atoms. The molecule has 15 heavy (non-hydrogen) atoms. The number of aliphatic hydroxyl groups is 1. The molecule has 1 fully saturated rings. The molecule has 90 valence electrons. The van der Waals surface area contributed by atoms with Crippen LogP contribution >= 0.6 is 0 Å². The summed E-state index contributed by atoms with van der Waals surface area (Å²) in [6.45, 7) is 6.56. The van der Waals surface area contributed by atoms with Gasteiger partial charge in [-0.3, -0.25) is 0 Å². The number of rotatable bonds is 3. The molecule has 0 saturated carbocycles. The van der Waals surface area contributed by atoms with Crippen molar-refractivity contribution in [2.45, 2.75) is 39.7 Å². The molecule has 1 unspecified atom stereocenters. The summed E-state index contributed by atoms with van der Waals surface area (Å²) in [6.07, 6.45) is 0.781. The van der Waals surface area contributed by atoms with Crippen LogP contribution in [0.4, 0.5) is 0 Å². The Morgan fingerprint density at radius 3 is 2.53 bits per heavy atom. The van der Waals surface area contributed by atoms with Gasteiger partial charge < -0.3 is 5.11 Å². The highest BCUT2D eigenvalue weighted by atomic mass is 32.2. The van der Waals surface area contributed by atoms with Gasteiger partial charge in [-0.15, -0.1) is 0 Å². The molecule has 1 N–H and O–H groups in total. The zero-order valence-corrected chi connectivity index (χ0v) is 10.5. The van der Waals surface area contributed by atoms with Gasteiger partial charge in [-0.05, 0) is 12.8 Å². The highest BCUT2D eigenvalue weighted by Crippen LogP contribution is 2.30. The van der Waals surface area contributed by atoms with Crippen LogP contribution < -0.4 is 0 Å². The van der Waals surface area contributed by atoms with Crippen LogP contribution in [-0.2, 0) is 10.0 Å². The summed E-state index contributed by atoms with van der Waals surface area (Å²) in [5, 5.41) is 9.73. The van der Waals surface area contributed by atoms with Gasteiger partial charge in [-0.1, -0.05) is 20.8 Å². The van der Waals surface area contributed by atoms with E-state index in [1.807, 2.05) is 20.8 Å². The van der Waals surface area contributed by atoms with E-state index in [1.54, 1.807) is 0 Å². The fourth-order valence-electron chi connectivity index (χ4n) is 1.92. The van der Waals surface area contributed by atoms with Crippen molar-refractivity contribution < 1.29 is 13.5 Å². The molecule has 0 aromatic heterocycles. The van der Waals surface area contributed by atoms with Crippen LogP contribution in [0.15, 0.2) is 0 Å². The monoisotopic (exact) mass is 235 g/mol. The van der Waals surface area contributed by atoms with Crippen LogP contribution in [0.2, 0.25) is 0 Å². The topological polar surface area (TPSA) is 57.6 Å². The summed E-state index contributed by atoms with van der Waals surface area (Å²) in [5.74, 6) is 0.208. The van der Waals surface area contributed by atoms with Crippen molar-refractivity contribution in [2.24, 2.45) is 5.41 Å². The van der Waals surface area contributed by atoms with Gasteiger partial charge >= 0.3 is 0 Å². The molecule has 1 aliphatic heterocycles. The lowest BCUT2D eigenvalue weighted by molar-refractivity contribution is -0.000297. The Bertz CT molecular complexity index is 311. The molecule has 0 aliphatic carbocycles. The Kier molecular flexibility index (Phi) is 3.79. The summed E-state index contributed by atoms with van der Waals surface area (Å²) in [4.78, 5) is 0. The van der Waals surface area contributed by atoms with E-state index >= 15 is 0 Å². The lowest BCUT2D eigenvalue weighted by Crippen LogP contribution is -2.51. The number of nitrogens with zero attached hydrogens (tertiary/aromatic N) is 1. The molecule has 1 rings (SSSR count). The molecular weight excluding hydrogens is 214 g/mol. The highest BCUT2D eigenvalue weighted by molar-refractivity contribution is 7.89. The summed E-state index contributed by atoms with van der Waals surface area (Å²) >= 11 is 0. The maximum atomic E-state index is 11.8. The minimum absolute atomic E-state index is 0.208. The summed E-state index contributed by atoms with van der Waals surface area (Å²) in [6, 6.07) is 0. The summed E-state index contributed by atoms with van der Waals surface area (Å²) in [7, 11) is -3.11. The predicted molar refractivity (Wildman–Crippen MR) is 60.1 cm³/mol. The first-order valence-corrected chi connectivity index (χ1v) is 7.06. The smallest absolute Gasteiger partial charge is 0.214 e. The molecule has 0 aromatic carbocycles. The maximum absolute atomic E-state index is 11.8. The quantitative estimate of drug-likeness (QED) is 0.788. The first-order valence-electron chi connectivity index (χ1n) is 5.45. The second-order valence-corrected chi connectivity index (χ2v) is 7.03. The molecule has 0 amide bonds. The van der Waals surface area contributed by atoms with Gasteiger partial charge in [0.2, 0.25) is 10.0 Å². The van der Waals surface area contributed by atoms with E-state index in [4.69, 9.17) is 0 Å². The SMILES string of the molecule is CCCS(=O)(=O)N1CCC(O)C(C)(C)C1. The third-order valence-corrected chi connectivity index (χ3v) is 5.02. The van der Waals surface area contributed by atoms with Crippen LogP contribution in [0, 0.1) is 5.41 Å². The van der Waals surface area contributed by atoms with E-state index in [9.17, 15) is 13.5 Å². The second-order valence-electron chi connectivity index (χ2n) is 4.94. The van der Waals surface area contributed by atoms with Crippen molar-refractivity contribution in [1.29, 1.82) is 0 Å². The number of hydrogen-bond donors (Lipinski definition) is 1. The summed E-state index contributed by atoms with van der Waals surface area (Å²) < 4.78 is 25.2. The van der Waals surface area contributed by atoms with E-state index in [0.717, 1.165) is 0 Å². The van der Waals surface area contributed by atoms with Crippen molar-refractivity contribution in [2.75, 3.05) is 18.8 Å². The third-order valence-electron chi connectivity index (χ3n) is 2.99. The average Bonchev–Trinajstić information content (AvgIpc) is 2.09. The van der Waals surface area contributed by atoms with Crippen molar-refractivity contribution >= 4 is 10.0 Å². The van der Waals surface area contributed by atoms with Crippen LogP contribution in [-0.4, -0.2) is 42.8 Å². The summed E-state index contributed by atoms with van der Waals surface area (Å²) in [5.41, 5.74) is -0.334. The molecule has 1 atom stereocenters. The normalized spacial score (nSPS) is 27.9. The van der Waals surface area contributed by atoms with Gasteiger partial charge in [0, 0.05) is 18.5 Å². The number of sulfonamides is 1. The first-order chi connectivity index (χ1) is 6.79. The molecule has 0 aromatic rings. The second kappa shape index (κ2) is 4.39. The maximum Gasteiger partial charge on any atom is 0.214 e. The van der Waals surface area contributed by atoms with Crippen LogP contribution in [0.1, 0.15) is 33.6 Å². The standard InChI is InChI=1S/C10H21NO3S/c1-4-7-15(13,14)11-6-5-9(12)10(2,3)8-11/h9,12H,4-8H2,1-3H3. The molecule has 1 heterocycles. The molecule has 0 bridgehead atoms. The van der Waals surface area contributed by atoms with Crippen LogP contribution in [0.25, 0.3) is 0 Å². The van der Waals surface area contributed by atoms with Crippen LogP contribution in [0.3, 0.4) is 0 Å². The lowest BCUT2D eigenvalue weighted by atomic mass is 9.82. The van der Waals surface area contributed by atoms with E-state index < -0.39 is 16.1 Å². The molecule has 1 saturated heterocycles. The number of hydrogen-bond acceptors (Lipinski definition) is 3. The first kappa shape index (κ1) is 12.9. The van der Waals surface area contributed by atoms with Crippen LogP contribution in [0.5, 0.6) is 0 Å². The van der Waals surface area contributed by atoms with Crippen molar-refractivity contribution in [3.63, 3.8) is 0 Å². The van der Waals surface area contributed by atoms with Crippen molar-refractivity contribution in [3.05, 3.63) is 0 Å². The van der Waals surface area contributed by atoms with Crippen molar-refractivity contribution in [1.82, 2.24) is 4.31 Å². The number of piperidine rings is 1. The number of aliphatic hydroxyl groups excluding tert-OH is 1. The Hall–Kier alpha value is -0.130. The third kappa shape index (κ3) is 2.92. The molecule has 4 nitrogen and oxygen atoms in total. The molecule has 1 aliphatic rings. The molecular formula is C10H21NO3S. The minimum atomic E-state index is -3.11. The minimum Gasteiger partial charge on any atom is -0.392 e. The molecule has 5 heteroatoms. The van der Waals surface area contributed by atoms with E-state index in [0.29, 0.717) is 25.9 Å². The lowest BCUT2D eigenvalue weighted by Gasteiger charge is -2.40.